The maximum Gasteiger partial charge on any atom is 0.180 e. The first-order valence-electron chi connectivity index (χ1n) is 7.08. The van der Waals surface area contributed by atoms with Crippen LogP contribution in [0.2, 0.25) is 0 Å². The molecule has 1 rings (SSSR count). The van der Waals surface area contributed by atoms with Gasteiger partial charge < -0.3 is 10.1 Å². The second kappa shape index (κ2) is 9.51. The predicted octanol–water partition coefficient (Wildman–Crippen LogP) is 1.87. The molecule has 116 valence electrons. The van der Waals surface area contributed by atoms with Crippen molar-refractivity contribution < 1.29 is 44.9 Å². The summed E-state index contributed by atoms with van der Waals surface area (Å²) in [7, 11) is 0.837. The summed E-state index contributed by atoms with van der Waals surface area (Å²) >= 11 is 0. The Kier molecular flexibility index (Phi) is 9.74. The van der Waals surface area contributed by atoms with Crippen molar-refractivity contribution >= 4 is 16.8 Å². The van der Waals surface area contributed by atoms with Gasteiger partial charge in [-0.15, -0.1) is 0 Å². The van der Waals surface area contributed by atoms with Crippen LogP contribution in [-0.4, -0.2) is 33.8 Å². The van der Waals surface area contributed by atoms with E-state index in [0.29, 0.717) is 0 Å². The molecule has 0 amide bonds. The molecule has 1 fully saturated rings. The number of carbonyl (C=O) groups excluding carboxylic acids is 1. The van der Waals surface area contributed by atoms with Crippen molar-refractivity contribution in [3.63, 3.8) is 0 Å². The summed E-state index contributed by atoms with van der Waals surface area (Å²) in [5.41, 5.74) is 0. The van der Waals surface area contributed by atoms with Crippen molar-refractivity contribution in [1.29, 1.82) is 0 Å². The topological polar surface area (TPSA) is 55.4 Å². The van der Waals surface area contributed by atoms with E-state index in [0.717, 1.165) is 12.8 Å². The van der Waals surface area contributed by atoms with Crippen LogP contribution < -0.4 is 5.32 Å². The summed E-state index contributed by atoms with van der Waals surface area (Å²) in [6, 6.07) is 0. The second-order valence-electron chi connectivity index (χ2n) is 5.25. The fraction of sp³-hybridized carbons (Fsp3) is 0.857. The first-order valence-corrected chi connectivity index (χ1v) is 8.35. The Labute approximate surface area is 149 Å². The van der Waals surface area contributed by atoms with Crippen molar-refractivity contribution in [2.24, 2.45) is 11.8 Å². The number of hydrogen-bond donors (Lipinski definition) is 1. The van der Waals surface area contributed by atoms with Gasteiger partial charge in [-0.25, -0.2) is 6.54 Å². The fourth-order valence-corrected chi connectivity index (χ4v) is 5.26. The number of likely N-dealkylation sites (N-methyl/N-ethyl adjacent to an activating group) is 1. The Hall–Kier alpha value is 0.502. The molecule has 0 aromatic carbocycles. The molecular formula is C14H26NO3SU-. The fourth-order valence-electron chi connectivity index (χ4n) is 3.11. The maximum absolute atomic E-state index is 12.4. The molecule has 0 radical (unpaired) electrons. The van der Waals surface area contributed by atoms with E-state index < -0.39 is 10.8 Å². The van der Waals surface area contributed by atoms with Crippen molar-refractivity contribution in [2.75, 3.05) is 7.05 Å². The maximum atomic E-state index is 12.4. The molecule has 1 aliphatic heterocycles. The first kappa shape index (κ1) is 20.5. The molecule has 0 aromatic rings. The van der Waals surface area contributed by atoms with Gasteiger partial charge in [0.2, 0.25) is 0 Å². The Balaban J connectivity index is 0.00000361. The summed E-state index contributed by atoms with van der Waals surface area (Å²) < 4.78 is 18.1. The minimum atomic E-state index is -0.839. The van der Waals surface area contributed by atoms with Gasteiger partial charge in [-0.05, 0) is 19.9 Å². The molecule has 0 bridgehead atoms. The zero-order chi connectivity index (χ0) is 14.6. The normalized spacial score (nSPS) is 36.9. The third-order valence-electron chi connectivity index (χ3n) is 4.18. The Morgan fingerprint density at radius 3 is 2.35 bits per heavy atom. The molecule has 0 aromatic heterocycles. The van der Waals surface area contributed by atoms with Crippen LogP contribution in [0.25, 0.3) is 0 Å². The molecular weight excluding hydrogens is 500 g/mol. The second-order valence-corrected chi connectivity index (χ2v) is 7.25. The van der Waals surface area contributed by atoms with Gasteiger partial charge >= 0.3 is 0 Å². The third kappa shape index (κ3) is 4.50. The molecule has 4 nitrogen and oxygen atoms in total. The van der Waals surface area contributed by atoms with Gasteiger partial charge in [0, 0.05) is 64.2 Å². The summed E-state index contributed by atoms with van der Waals surface area (Å²) in [5.74, 6) is -0.0263. The average molecular weight is 526 g/mol. The minimum absolute atomic E-state index is 0. The summed E-state index contributed by atoms with van der Waals surface area (Å²) in [5, 5.41) is 2.89. The van der Waals surface area contributed by atoms with Gasteiger partial charge in [0.05, 0.1) is 0 Å². The monoisotopic (exact) mass is 526 g/mol. The van der Waals surface area contributed by atoms with Gasteiger partial charge in [0.25, 0.3) is 0 Å². The SMILES string of the molecule is CCC1C(OC(=O)[CH-]NC)C(C)C(CC)S(=O)C1C.[U]. The average Bonchev–Trinajstić information content (AvgIpc) is 2.37. The van der Waals surface area contributed by atoms with Crippen molar-refractivity contribution in [3.05, 3.63) is 6.54 Å². The molecule has 1 aliphatic rings. The van der Waals surface area contributed by atoms with Crippen molar-refractivity contribution in [2.45, 2.75) is 57.1 Å². The van der Waals surface area contributed by atoms with Crippen LogP contribution in [0.5, 0.6) is 0 Å². The molecule has 6 atom stereocenters. The number of nitrogens with one attached hydrogen (secondary N) is 1. The summed E-state index contributed by atoms with van der Waals surface area (Å²) in [6.07, 6.45) is 1.60. The Morgan fingerprint density at radius 2 is 1.90 bits per heavy atom. The molecule has 1 N–H and O–H groups in total. The smallest absolute Gasteiger partial charge is 0.180 e. The molecule has 6 unspecified atom stereocenters. The molecule has 0 aliphatic carbocycles. The molecule has 20 heavy (non-hydrogen) atoms. The van der Waals surface area contributed by atoms with Crippen LogP contribution in [0, 0.1) is 49.5 Å². The van der Waals surface area contributed by atoms with E-state index in [1.165, 1.54) is 6.54 Å². The predicted molar refractivity (Wildman–Crippen MR) is 77.9 cm³/mol. The quantitative estimate of drug-likeness (QED) is 0.439. The van der Waals surface area contributed by atoms with E-state index in [1.807, 2.05) is 6.92 Å². The zero-order valence-corrected chi connectivity index (χ0v) is 18.0. The number of carbonyl (C=O) groups is 1. The van der Waals surface area contributed by atoms with E-state index in [4.69, 9.17) is 4.74 Å². The van der Waals surface area contributed by atoms with E-state index >= 15 is 0 Å². The number of hydrogen-bond acceptors (Lipinski definition) is 4. The molecule has 1 heterocycles. The van der Waals surface area contributed by atoms with Crippen LogP contribution >= 0.6 is 0 Å². The molecule has 0 saturated carbocycles. The van der Waals surface area contributed by atoms with Gasteiger partial charge in [0.1, 0.15) is 6.10 Å². The van der Waals surface area contributed by atoms with Gasteiger partial charge in [-0.2, -0.15) is 0 Å². The van der Waals surface area contributed by atoms with E-state index in [1.54, 1.807) is 7.05 Å². The van der Waals surface area contributed by atoms with Crippen LogP contribution in [0.4, 0.5) is 0 Å². The number of ether oxygens (including phenoxy) is 1. The van der Waals surface area contributed by atoms with E-state index in [9.17, 15) is 9.00 Å². The zero-order valence-electron chi connectivity index (χ0n) is 13.0. The Bertz CT molecular complexity index is 340. The van der Waals surface area contributed by atoms with E-state index in [2.05, 4.69) is 26.1 Å². The van der Waals surface area contributed by atoms with Crippen LogP contribution in [0.1, 0.15) is 40.5 Å². The summed E-state index contributed by atoms with van der Waals surface area (Å²) in [4.78, 5) is 11.7. The van der Waals surface area contributed by atoms with E-state index in [-0.39, 0.29) is 65.5 Å². The van der Waals surface area contributed by atoms with Crippen LogP contribution in [0.3, 0.4) is 0 Å². The first-order chi connectivity index (χ1) is 8.97. The number of esters is 1. The van der Waals surface area contributed by atoms with Gasteiger partial charge in [0.15, 0.2) is 5.97 Å². The standard InChI is InChI=1S/C14H26NO3S.U/c1-6-11-10(4)19(17)12(7-2)9(3)14(11)18-13(16)8-15-5;/h8-12,14-15H,6-7H2,1-5H3;/q-1;. The third-order valence-corrected chi connectivity index (χ3v) is 6.62. The van der Waals surface area contributed by atoms with Crippen LogP contribution in [-0.2, 0) is 20.3 Å². The molecule has 6 heteroatoms. The van der Waals surface area contributed by atoms with Gasteiger partial charge in [-0.3, -0.25) is 9.00 Å². The number of rotatable bonds is 5. The minimum Gasteiger partial charge on any atom is -0.483 e. The van der Waals surface area contributed by atoms with Crippen molar-refractivity contribution in [1.82, 2.24) is 5.32 Å². The molecule has 0 spiro atoms. The van der Waals surface area contributed by atoms with Gasteiger partial charge in [-0.1, -0.05) is 27.7 Å². The van der Waals surface area contributed by atoms with Crippen LogP contribution in [0.15, 0.2) is 0 Å². The molecule has 1 saturated heterocycles. The summed E-state index contributed by atoms with van der Waals surface area (Å²) in [6.45, 7) is 9.52. The Morgan fingerprint density at radius 1 is 1.30 bits per heavy atom. The van der Waals surface area contributed by atoms with Crippen molar-refractivity contribution in [3.8, 4) is 0 Å². The largest absolute Gasteiger partial charge is 0.483 e.